The van der Waals surface area contributed by atoms with Crippen molar-refractivity contribution in [2.45, 2.75) is 45.3 Å². The van der Waals surface area contributed by atoms with Crippen molar-refractivity contribution in [2.75, 3.05) is 7.05 Å². The Hall–Kier alpha value is -1.69. The van der Waals surface area contributed by atoms with Gasteiger partial charge in [0, 0.05) is 37.8 Å². The number of nitrogens with one attached hydrogen (secondary N) is 1. The van der Waals surface area contributed by atoms with E-state index in [1.54, 1.807) is 6.20 Å². The fraction of sp³-hybridized carbons (Fsp3) is 0.615. The molecule has 1 fully saturated rings. The number of aromatic nitrogens is 2. The molecular formula is C13H20N4O2. The van der Waals surface area contributed by atoms with E-state index >= 15 is 0 Å². The first-order valence-corrected chi connectivity index (χ1v) is 6.56. The summed E-state index contributed by atoms with van der Waals surface area (Å²) in [5.74, 6) is -0.247. The number of nitrogens with zero attached hydrogens (tertiary/aromatic N) is 3. The fourth-order valence-electron chi connectivity index (χ4n) is 2.10. The highest BCUT2D eigenvalue weighted by Crippen LogP contribution is 2.12. The van der Waals surface area contributed by atoms with Crippen LogP contribution in [0.25, 0.3) is 0 Å². The molecule has 2 amide bonds. The summed E-state index contributed by atoms with van der Waals surface area (Å²) >= 11 is 0. The molecule has 1 atom stereocenters. The van der Waals surface area contributed by atoms with Gasteiger partial charge in [-0.05, 0) is 20.3 Å². The van der Waals surface area contributed by atoms with Gasteiger partial charge in [0.2, 0.25) is 11.8 Å². The normalized spacial score (nSPS) is 20.4. The number of likely N-dealkylation sites (N-methyl/N-ethyl adjacent to an activating group) is 1. The van der Waals surface area contributed by atoms with Gasteiger partial charge in [-0.15, -0.1) is 0 Å². The third-order valence-corrected chi connectivity index (χ3v) is 3.39. The van der Waals surface area contributed by atoms with Gasteiger partial charge in [0.15, 0.2) is 0 Å². The largest absolute Gasteiger partial charge is 0.302 e. The van der Waals surface area contributed by atoms with E-state index < -0.39 is 0 Å². The molecule has 1 unspecified atom stereocenters. The van der Waals surface area contributed by atoms with Crippen molar-refractivity contribution in [2.24, 2.45) is 0 Å². The maximum atomic E-state index is 11.9. The van der Waals surface area contributed by atoms with Gasteiger partial charge >= 0.3 is 0 Å². The molecule has 0 bridgehead atoms. The summed E-state index contributed by atoms with van der Waals surface area (Å²) in [5, 5.41) is 7.45. The molecule has 0 aliphatic carbocycles. The van der Waals surface area contributed by atoms with E-state index in [1.807, 2.05) is 10.9 Å². The molecule has 0 spiro atoms. The molecule has 1 N–H and O–H groups in total. The average molecular weight is 264 g/mol. The van der Waals surface area contributed by atoms with E-state index in [0.717, 1.165) is 5.56 Å². The van der Waals surface area contributed by atoms with Crippen LogP contribution in [0.5, 0.6) is 0 Å². The topological polar surface area (TPSA) is 67.2 Å². The highest BCUT2D eigenvalue weighted by molar-refractivity contribution is 6.00. The zero-order chi connectivity index (χ0) is 14.0. The standard InChI is InChI=1S/C13H20N4O2/c1-9(2)17-8-10(7-15-17)6-14-11-4-5-12(18)16(3)13(11)19/h7-9,11,14H,4-6H2,1-3H3. The van der Waals surface area contributed by atoms with Crippen molar-refractivity contribution < 1.29 is 9.59 Å². The number of carbonyl (C=O) groups is 2. The quantitative estimate of drug-likeness (QED) is 0.813. The highest BCUT2D eigenvalue weighted by atomic mass is 16.2. The minimum absolute atomic E-state index is 0.101. The summed E-state index contributed by atoms with van der Waals surface area (Å²) in [7, 11) is 1.54. The van der Waals surface area contributed by atoms with Gasteiger partial charge in [-0.3, -0.25) is 19.2 Å². The van der Waals surface area contributed by atoms with Gasteiger partial charge in [0.05, 0.1) is 12.2 Å². The monoisotopic (exact) mass is 264 g/mol. The Bertz CT molecular complexity index is 481. The summed E-state index contributed by atoms with van der Waals surface area (Å²) < 4.78 is 1.88. The van der Waals surface area contributed by atoms with Crippen LogP contribution in [-0.4, -0.2) is 39.6 Å². The molecule has 0 saturated carbocycles. The zero-order valence-corrected chi connectivity index (χ0v) is 11.6. The Morgan fingerprint density at radius 1 is 1.47 bits per heavy atom. The summed E-state index contributed by atoms with van der Waals surface area (Å²) in [6, 6.07) is 0.0546. The fourth-order valence-corrected chi connectivity index (χ4v) is 2.10. The molecule has 2 heterocycles. The van der Waals surface area contributed by atoms with Crippen LogP contribution in [0.1, 0.15) is 38.3 Å². The number of hydrogen-bond donors (Lipinski definition) is 1. The molecule has 0 radical (unpaired) electrons. The van der Waals surface area contributed by atoms with Crippen molar-refractivity contribution in [3.63, 3.8) is 0 Å². The SMILES string of the molecule is CC(C)n1cc(CNC2CCC(=O)N(C)C2=O)cn1. The van der Waals surface area contributed by atoms with Crippen molar-refractivity contribution in [3.8, 4) is 0 Å². The molecule has 104 valence electrons. The number of likely N-dealkylation sites (tertiary alicyclic amines) is 1. The predicted molar refractivity (Wildman–Crippen MR) is 70.3 cm³/mol. The average Bonchev–Trinajstić information content (AvgIpc) is 2.84. The molecule has 6 heteroatoms. The Kier molecular flexibility index (Phi) is 3.99. The zero-order valence-electron chi connectivity index (χ0n) is 11.6. The van der Waals surface area contributed by atoms with Gasteiger partial charge in [0.1, 0.15) is 0 Å². The number of rotatable bonds is 4. The molecule has 1 saturated heterocycles. The van der Waals surface area contributed by atoms with E-state index in [4.69, 9.17) is 0 Å². The predicted octanol–water partition coefficient (Wildman–Crippen LogP) is 0.701. The second-order valence-electron chi connectivity index (χ2n) is 5.19. The number of imide groups is 1. The Labute approximate surface area is 112 Å². The number of piperidine rings is 1. The summed E-state index contributed by atoms with van der Waals surface area (Å²) in [6.07, 6.45) is 4.76. The summed E-state index contributed by atoms with van der Waals surface area (Å²) in [5.41, 5.74) is 1.04. The van der Waals surface area contributed by atoms with E-state index in [9.17, 15) is 9.59 Å². The van der Waals surface area contributed by atoms with Crippen LogP contribution in [0.3, 0.4) is 0 Å². The van der Waals surface area contributed by atoms with Crippen molar-refractivity contribution >= 4 is 11.8 Å². The van der Waals surface area contributed by atoms with Crippen LogP contribution in [0, 0.1) is 0 Å². The van der Waals surface area contributed by atoms with Crippen LogP contribution >= 0.6 is 0 Å². The first-order valence-electron chi connectivity index (χ1n) is 6.56. The minimum Gasteiger partial charge on any atom is -0.302 e. The smallest absolute Gasteiger partial charge is 0.246 e. The second-order valence-corrected chi connectivity index (χ2v) is 5.19. The van der Waals surface area contributed by atoms with E-state index in [0.29, 0.717) is 25.4 Å². The van der Waals surface area contributed by atoms with Crippen LogP contribution < -0.4 is 5.32 Å². The van der Waals surface area contributed by atoms with Crippen LogP contribution in [0.15, 0.2) is 12.4 Å². The van der Waals surface area contributed by atoms with Gasteiger partial charge < -0.3 is 5.32 Å². The number of carbonyl (C=O) groups excluding carboxylic acids is 2. The van der Waals surface area contributed by atoms with E-state index in [-0.39, 0.29) is 17.9 Å². The van der Waals surface area contributed by atoms with Crippen molar-refractivity contribution in [1.29, 1.82) is 0 Å². The lowest BCUT2D eigenvalue weighted by Gasteiger charge is -2.28. The van der Waals surface area contributed by atoms with Gasteiger partial charge in [-0.2, -0.15) is 5.10 Å². The third-order valence-electron chi connectivity index (χ3n) is 3.39. The van der Waals surface area contributed by atoms with Gasteiger partial charge in [-0.25, -0.2) is 0 Å². The lowest BCUT2D eigenvalue weighted by atomic mass is 10.0. The van der Waals surface area contributed by atoms with Crippen LogP contribution in [0.4, 0.5) is 0 Å². The highest BCUT2D eigenvalue weighted by Gasteiger charge is 2.31. The molecule has 1 aliphatic rings. The first kappa shape index (κ1) is 13.7. The second kappa shape index (κ2) is 5.52. The lowest BCUT2D eigenvalue weighted by molar-refractivity contribution is -0.148. The minimum atomic E-state index is -0.273. The third kappa shape index (κ3) is 3.01. The maximum Gasteiger partial charge on any atom is 0.246 e. The molecule has 6 nitrogen and oxygen atoms in total. The first-order chi connectivity index (χ1) is 8.99. The summed E-state index contributed by atoms with van der Waals surface area (Å²) in [6.45, 7) is 4.72. The van der Waals surface area contributed by atoms with Crippen molar-refractivity contribution in [1.82, 2.24) is 20.0 Å². The molecule has 1 aromatic rings. The number of hydrogen-bond acceptors (Lipinski definition) is 4. The molecule has 0 aromatic carbocycles. The molecule has 19 heavy (non-hydrogen) atoms. The van der Waals surface area contributed by atoms with Gasteiger partial charge in [0.25, 0.3) is 0 Å². The molecule has 2 rings (SSSR count). The Morgan fingerprint density at radius 2 is 2.21 bits per heavy atom. The Balaban J connectivity index is 1.91. The van der Waals surface area contributed by atoms with E-state index in [1.165, 1.54) is 11.9 Å². The maximum absolute atomic E-state index is 11.9. The van der Waals surface area contributed by atoms with Gasteiger partial charge in [-0.1, -0.05) is 0 Å². The molecule has 1 aromatic heterocycles. The lowest BCUT2D eigenvalue weighted by Crippen LogP contribution is -2.51. The molecule has 1 aliphatic heterocycles. The van der Waals surface area contributed by atoms with Crippen LogP contribution in [-0.2, 0) is 16.1 Å². The van der Waals surface area contributed by atoms with Crippen molar-refractivity contribution in [3.05, 3.63) is 18.0 Å². The Morgan fingerprint density at radius 3 is 2.84 bits per heavy atom. The summed E-state index contributed by atoms with van der Waals surface area (Å²) in [4.78, 5) is 24.5. The molecular weight excluding hydrogens is 244 g/mol. The van der Waals surface area contributed by atoms with E-state index in [2.05, 4.69) is 24.3 Å². The number of amides is 2. The van der Waals surface area contributed by atoms with Crippen LogP contribution in [0.2, 0.25) is 0 Å².